The Bertz CT molecular complexity index is 603. The molecule has 0 bridgehead atoms. The van der Waals surface area contributed by atoms with E-state index in [1.54, 1.807) is 24.3 Å². The zero-order valence-electron chi connectivity index (χ0n) is 15.7. The van der Waals surface area contributed by atoms with Crippen LogP contribution in [0.3, 0.4) is 0 Å². The van der Waals surface area contributed by atoms with E-state index in [0.717, 1.165) is 32.1 Å². The van der Waals surface area contributed by atoms with Crippen molar-refractivity contribution in [2.45, 2.75) is 64.5 Å². The first-order valence-corrected chi connectivity index (χ1v) is 10.5. The minimum Gasteiger partial charge on any atom is -0.497 e. The molecule has 0 fully saturated rings. The summed E-state index contributed by atoms with van der Waals surface area (Å²) < 4.78 is 21.2. The second-order valence-corrected chi connectivity index (χ2v) is 7.48. The standard InChI is InChI=1S/C18H30NO6P/c1-4-5-6-7-8-12-17(20)19-18(14(2)25-26(21,22)23)15-10-9-11-16(13-15)24-3/h9-11,13-14,18H,4-8,12H2,1-3H3,(H,19,20)(H2,21,22,23)/t14-,18+/m0/s1. The van der Waals surface area contributed by atoms with Crippen molar-refractivity contribution < 1.29 is 28.4 Å². The van der Waals surface area contributed by atoms with E-state index in [4.69, 9.17) is 19.0 Å². The van der Waals surface area contributed by atoms with Crippen molar-refractivity contribution in [2.24, 2.45) is 0 Å². The summed E-state index contributed by atoms with van der Waals surface area (Å²) in [5, 5.41) is 2.84. The molecule has 0 unspecified atom stereocenters. The molecule has 0 aliphatic rings. The number of phosphoric acid groups is 1. The van der Waals surface area contributed by atoms with Crippen LogP contribution < -0.4 is 10.1 Å². The summed E-state index contributed by atoms with van der Waals surface area (Å²) in [7, 11) is -3.15. The van der Waals surface area contributed by atoms with E-state index in [9.17, 15) is 9.36 Å². The molecule has 0 aliphatic heterocycles. The molecule has 7 nitrogen and oxygen atoms in total. The Morgan fingerprint density at radius 2 is 1.92 bits per heavy atom. The predicted molar refractivity (Wildman–Crippen MR) is 99.8 cm³/mol. The third-order valence-electron chi connectivity index (χ3n) is 4.05. The monoisotopic (exact) mass is 387 g/mol. The number of amides is 1. The van der Waals surface area contributed by atoms with Gasteiger partial charge in [-0.3, -0.25) is 9.32 Å². The molecular formula is C18H30NO6P. The molecule has 26 heavy (non-hydrogen) atoms. The summed E-state index contributed by atoms with van der Waals surface area (Å²) in [5.74, 6) is 0.417. The number of hydrogen-bond donors (Lipinski definition) is 3. The maximum Gasteiger partial charge on any atom is 0.469 e. The van der Waals surface area contributed by atoms with Crippen LogP contribution in [0.2, 0.25) is 0 Å². The molecule has 1 rings (SSSR count). The topological polar surface area (TPSA) is 105 Å². The van der Waals surface area contributed by atoms with E-state index >= 15 is 0 Å². The molecule has 3 N–H and O–H groups in total. The van der Waals surface area contributed by atoms with Crippen molar-refractivity contribution in [1.82, 2.24) is 5.32 Å². The number of carbonyl (C=O) groups excluding carboxylic acids is 1. The van der Waals surface area contributed by atoms with E-state index in [2.05, 4.69) is 12.2 Å². The highest BCUT2D eigenvalue weighted by atomic mass is 31.2. The van der Waals surface area contributed by atoms with Crippen molar-refractivity contribution in [3.63, 3.8) is 0 Å². The maximum absolute atomic E-state index is 12.3. The van der Waals surface area contributed by atoms with Gasteiger partial charge in [-0.15, -0.1) is 0 Å². The maximum atomic E-state index is 12.3. The van der Waals surface area contributed by atoms with Crippen LogP contribution in [-0.4, -0.2) is 28.9 Å². The number of nitrogens with one attached hydrogen (secondary N) is 1. The molecule has 8 heteroatoms. The molecule has 0 saturated heterocycles. The molecule has 1 amide bonds. The largest absolute Gasteiger partial charge is 0.497 e. The van der Waals surface area contributed by atoms with Gasteiger partial charge in [-0.05, 0) is 31.0 Å². The Labute approximate surface area is 155 Å². The number of phosphoric ester groups is 1. The van der Waals surface area contributed by atoms with Gasteiger partial charge in [0.05, 0.1) is 19.3 Å². The highest BCUT2D eigenvalue weighted by Gasteiger charge is 2.28. The summed E-state index contributed by atoms with van der Waals surface area (Å²) in [6, 6.07) is 6.29. The van der Waals surface area contributed by atoms with E-state index in [1.807, 2.05) is 0 Å². The SMILES string of the molecule is CCCCCCCC(=O)N[C@@H](c1cccc(OC)c1)[C@H](C)OP(=O)(O)O. The van der Waals surface area contributed by atoms with Crippen LogP contribution >= 0.6 is 7.82 Å². The third kappa shape index (κ3) is 8.81. The molecule has 1 aromatic rings. The summed E-state index contributed by atoms with van der Waals surface area (Å²) in [4.78, 5) is 30.5. The highest BCUT2D eigenvalue weighted by Crippen LogP contribution is 2.40. The van der Waals surface area contributed by atoms with Crippen LogP contribution in [0.4, 0.5) is 0 Å². The number of ether oxygens (including phenoxy) is 1. The second-order valence-electron chi connectivity index (χ2n) is 6.29. The van der Waals surface area contributed by atoms with E-state index < -0.39 is 20.0 Å². The number of unbranched alkanes of at least 4 members (excludes halogenated alkanes) is 4. The molecule has 2 atom stereocenters. The minimum absolute atomic E-state index is 0.171. The van der Waals surface area contributed by atoms with Crippen LogP contribution in [0.15, 0.2) is 24.3 Å². The smallest absolute Gasteiger partial charge is 0.469 e. The number of benzene rings is 1. The van der Waals surface area contributed by atoms with Crippen LogP contribution in [0, 0.1) is 0 Å². The first kappa shape index (κ1) is 22.6. The second kappa shape index (κ2) is 11.3. The fourth-order valence-corrected chi connectivity index (χ4v) is 3.27. The van der Waals surface area contributed by atoms with Crippen molar-refractivity contribution in [1.29, 1.82) is 0 Å². The lowest BCUT2D eigenvalue weighted by molar-refractivity contribution is -0.122. The van der Waals surface area contributed by atoms with E-state index in [1.165, 1.54) is 14.0 Å². The van der Waals surface area contributed by atoms with Gasteiger partial charge in [0, 0.05) is 6.42 Å². The lowest BCUT2D eigenvalue weighted by Crippen LogP contribution is -2.35. The lowest BCUT2D eigenvalue weighted by atomic mass is 10.0. The van der Waals surface area contributed by atoms with Gasteiger partial charge in [-0.25, -0.2) is 4.57 Å². The molecule has 0 heterocycles. The van der Waals surface area contributed by atoms with Crippen molar-refractivity contribution in [3.8, 4) is 5.75 Å². The molecule has 0 spiro atoms. The Kier molecular flexibility index (Phi) is 9.88. The van der Waals surface area contributed by atoms with Gasteiger partial charge in [0.25, 0.3) is 0 Å². The average Bonchev–Trinajstić information content (AvgIpc) is 2.58. The van der Waals surface area contributed by atoms with Gasteiger partial charge >= 0.3 is 7.82 Å². The number of methoxy groups -OCH3 is 1. The van der Waals surface area contributed by atoms with Crippen LogP contribution in [0.25, 0.3) is 0 Å². The predicted octanol–water partition coefficient (Wildman–Crippen LogP) is 3.71. The van der Waals surface area contributed by atoms with E-state index in [-0.39, 0.29) is 5.91 Å². The summed E-state index contributed by atoms with van der Waals surface area (Å²) in [5.41, 5.74) is 0.657. The first-order chi connectivity index (χ1) is 12.3. The van der Waals surface area contributed by atoms with Crippen LogP contribution in [0.1, 0.15) is 64.0 Å². The molecule has 148 valence electrons. The zero-order valence-corrected chi connectivity index (χ0v) is 16.6. The molecule has 0 aliphatic carbocycles. The van der Waals surface area contributed by atoms with E-state index in [0.29, 0.717) is 17.7 Å². The van der Waals surface area contributed by atoms with Crippen LogP contribution in [-0.2, 0) is 13.9 Å². The Morgan fingerprint density at radius 1 is 1.23 bits per heavy atom. The Morgan fingerprint density at radius 3 is 2.54 bits per heavy atom. The fourth-order valence-electron chi connectivity index (χ4n) is 2.72. The van der Waals surface area contributed by atoms with Gasteiger partial charge in [-0.2, -0.15) is 0 Å². The number of hydrogen-bond acceptors (Lipinski definition) is 4. The summed E-state index contributed by atoms with van der Waals surface area (Å²) >= 11 is 0. The van der Waals surface area contributed by atoms with Crippen molar-refractivity contribution in [3.05, 3.63) is 29.8 Å². The fraction of sp³-hybridized carbons (Fsp3) is 0.611. The normalized spacial score (nSPS) is 13.9. The van der Waals surface area contributed by atoms with Gasteiger partial charge in [0.1, 0.15) is 5.75 Å². The first-order valence-electron chi connectivity index (χ1n) is 8.94. The van der Waals surface area contributed by atoms with Crippen molar-refractivity contribution >= 4 is 13.7 Å². The average molecular weight is 387 g/mol. The third-order valence-corrected chi connectivity index (χ3v) is 4.66. The quantitative estimate of drug-likeness (QED) is 0.373. The molecule has 0 saturated carbocycles. The van der Waals surface area contributed by atoms with Crippen LogP contribution in [0.5, 0.6) is 5.75 Å². The molecule has 0 aromatic heterocycles. The summed E-state index contributed by atoms with van der Waals surface area (Å²) in [6.07, 6.45) is 4.62. The number of carbonyl (C=O) groups is 1. The van der Waals surface area contributed by atoms with Gasteiger partial charge in [-0.1, -0.05) is 44.7 Å². The van der Waals surface area contributed by atoms with Crippen molar-refractivity contribution in [2.75, 3.05) is 7.11 Å². The van der Waals surface area contributed by atoms with Gasteiger partial charge in [0.2, 0.25) is 5.91 Å². The highest BCUT2D eigenvalue weighted by molar-refractivity contribution is 7.46. The molecule has 0 radical (unpaired) electrons. The Balaban J connectivity index is 2.80. The lowest BCUT2D eigenvalue weighted by Gasteiger charge is -2.26. The zero-order chi connectivity index (χ0) is 19.6. The number of rotatable bonds is 12. The van der Waals surface area contributed by atoms with Gasteiger partial charge < -0.3 is 19.8 Å². The van der Waals surface area contributed by atoms with Gasteiger partial charge in [0.15, 0.2) is 0 Å². The summed E-state index contributed by atoms with van der Waals surface area (Å²) in [6.45, 7) is 3.65. The Hall–Kier alpha value is -1.40. The minimum atomic E-state index is -4.67. The molecular weight excluding hydrogens is 357 g/mol. The molecule has 1 aromatic carbocycles.